The minimum Gasteiger partial charge on any atom is -0.472 e. The largest absolute Gasteiger partial charge is 0.472 e. The highest BCUT2D eigenvalue weighted by molar-refractivity contribution is 5.95. The molecule has 124 valence electrons. The van der Waals surface area contributed by atoms with Crippen molar-refractivity contribution in [2.75, 3.05) is 13.2 Å². The van der Waals surface area contributed by atoms with Gasteiger partial charge < -0.3 is 10.1 Å². The summed E-state index contributed by atoms with van der Waals surface area (Å²) < 4.78 is 9.93. The number of amides is 1. The van der Waals surface area contributed by atoms with Gasteiger partial charge in [0.1, 0.15) is 12.3 Å². The lowest BCUT2D eigenvalue weighted by molar-refractivity contribution is 0.0944. The van der Waals surface area contributed by atoms with Crippen LogP contribution in [0.5, 0.6) is 5.88 Å². The van der Waals surface area contributed by atoms with Crippen LogP contribution in [0.2, 0.25) is 0 Å². The third-order valence-corrected chi connectivity index (χ3v) is 4.16. The van der Waals surface area contributed by atoms with E-state index in [1.54, 1.807) is 13.1 Å². The smallest absolute Gasteiger partial charge is 0.278 e. The Hall–Kier alpha value is -2.38. The molecule has 0 bridgehead atoms. The second-order valence-electron chi connectivity index (χ2n) is 5.79. The van der Waals surface area contributed by atoms with Gasteiger partial charge in [-0.2, -0.15) is 5.10 Å². The maximum atomic E-state index is 12.3. The average Bonchev–Trinajstić information content (AvgIpc) is 3.21. The second kappa shape index (κ2) is 7.26. The zero-order valence-electron chi connectivity index (χ0n) is 13.2. The van der Waals surface area contributed by atoms with E-state index in [0.717, 1.165) is 18.5 Å². The summed E-state index contributed by atoms with van der Waals surface area (Å²) in [6.07, 6.45) is 7.53. The molecule has 0 aliphatic heterocycles. The number of aromatic nitrogens is 4. The van der Waals surface area contributed by atoms with Gasteiger partial charge in [0.2, 0.25) is 0 Å². The number of aromatic amines is 1. The van der Waals surface area contributed by atoms with E-state index < -0.39 is 0 Å². The molecule has 23 heavy (non-hydrogen) atoms. The lowest BCUT2D eigenvalue weighted by Crippen LogP contribution is -2.29. The Morgan fingerprint density at radius 2 is 2.22 bits per heavy atom. The van der Waals surface area contributed by atoms with Crippen LogP contribution in [0, 0.1) is 6.92 Å². The van der Waals surface area contributed by atoms with Gasteiger partial charge in [-0.05, 0) is 24.9 Å². The number of carbonyl (C=O) groups excluding carboxylic acids is 1. The summed E-state index contributed by atoms with van der Waals surface area (Å²) in [5.74, 6) is 0.635. The molecule has 0 radical (unpaired) electrons. The Morgan fingerprint density at radius 1 is 1.39 bits per heavy atom. The van der Waals surface area contributed by atoms with E-state index in [0.29, 0.717) is 36.2 Å². The quantitative estimate of drug-likeness (QED) is 0.788. The number of carbonyl (C=O) groups is 1. The molecular formula is C15H21N5O3. The van der Waals surface area contributed by atoms with Crippen molar-refractivity contribution < 1.29 is 14.2 Å². The zero-order chi connectivity index (χ0) is 16.1. The van der Waals surface area contributed by atoms with Gasteiger partial charge >= 0.3 is 0 Å². The van der Waals surface area contributed by atoms with Crippen LogP contribution < -0.4 is 10.1 Å². The van der Waals surface area contributed by atoms with Crippen molar-refractivity contribution in [1.82, 2.24) is 25.8 Å². The van der Waals surface area contributed by atoms with Crippen LogP contribution in [-0.4, -0.2) is 39.6 Å². The maximum absolute atomic E-state index is 12.3. The van der Waals surface area contributed by atoms with E-state index >= 15 is 0 Å². The molecule has 8 heteroatoms. The average molecular weight is 319 g/mol. The monoisotopic (exact) mass is 319 g/mol. The molecule has 1 saturated carbocycles. The highest BCUT2D eigenvalue weighted by Crippen LogP contribution is 2.33. The van der Waals surface area contributed by atoms with E-state index in [2.05, 4.69) is 30.5 Å². The third kappa shape index (κ3) is 3.69. The summed E-state index contributed by atoms with van der Waals surface area (Å²) in [6.45, 7) is 2.42. The summed E-state index contributed by atoms with van der Waals surface area (Å²) in [6, 6.07) is 0. The van der Waals surface area contributed by atoms with Crippen LogP contribution in [-0.2, 0) is 0 Å². The Balaban J connectivity index is 1.50. The molecular weight excluding hydrogens is 298 g/mol. The molecule has 0 saturated heterocycles. The van der Waals surface area contributed by atoms with E-state index in [9.17, 15) is 4.79 Å². The lowest BCUT2D eigenvalue weighted by Gasteiger charge is -2.21. The lowest BCUT2D eigenvalue weighted by atomic mass is 9.85. The molecule has 1 amide bonds. The van der Waals surface area contributed by atoms with Gasteiger partial charge in [0.25, 0.3) is 11.8 Å². The van der Waals surface area contributed by atoms with E-state index in [1.165, 1.54) is 19.3 Å². The minimum absolute atomic E-state index is 0.127. The molecule has 3 rings (SSSR count). The second-order valence-corrected chi connectivity index (χ2v) is 5.79. The number of aryl methyl sites for hydroxylation is 1. The van der Waals surface area contributed by atoms with E-state index in [4.69, 9.17) is 4.74 Å². The molecule has 0 aromatic carbocycles. The zero-order valence-corrected chi connectivity index (χ0v) is 13.2. The molecule has 2 aromatic rings. The van der Waals surface area contributed by atoms with Gasteiger partial charge in [-0.25, -0.2) is 4.63 Å². The number of nitrogens with zero attached hydrogens (tertiary/aromatic N) is 3. The molecule has 2 N–H and O–H groups in total. The number of hydrogen-bond donors (Lipinski definition) is 2. The van der Waals surface area contributed by atoms with Crippen LogP contribution in [0.15, 0.2) is 10.8 Å². The van der Waals surface area contributed by atoms with Gasteiger partial charge in [-0.15, -0.1) is 0 Å². The highest BCUT2D eigenvalue weighted by Gasteiger charge is 2.23. The molecule has 1 aliphatic carbocycles. The summed E-state index contributed by atoms with van der Waals surface area (Å²) in [5.41, 5.74) is 2.18. The molecule has 1 fully saturated rings. The summed E-state index contributed by atoms with van der Waals surface area (Å²) >= 11 is 0. The van der Waals surface area contributed by atoms with Crippen molar-refractivity contribution in [2.24, 2.45) is 0 Å². The third-order valence-electron chi connectivity index (χ3n) is 4.16. The van der Waals surface area contributed by atoms with Gasteiger partial charge in [-0.3, -0.25) is 9.89 Å². The van der Waals surface area contributed by atoms with Crippen LogP contribution in [0.3, 0.4) is 0 Å². The Morgan fingerprint density at radius 3 is 2.96 bits per heavy atom. The number of rotatable bonds is 6. The Kier molecular flexibility index (Phi) is 4.89. The Bertz CT molecular complexity index is 645. The SMILES string of the molecule is Cc1nonc1OCCNC(=O)c1cn[nH]c1C1CCCCC1. The molecule has 2 heterocycles. The maximum Gasteiger partial charge on any atom is 0.278 e. The highest BCUT2D eigenvalue weighted by atomic mass is 16.6. The summed E-state index contributed by atoms with van der Waals surface area (Å²) in [4.78, 5) is 12.3. The van der Waals surface area contributed by atoms with Gasteiger partial charge in [-0.1, -0.05) is 24.4 Å². The standard InChI is InChI=1S/C15H21N5O3/c1-10-15(20-23-19-10)22-8-7-16-14(21)12-9-17-18-13(12)11-5-3-2-4-6-11/h9,11H,2-8H2,1H3,(H,16,21)(H,17,18). The first kappa shape index (κ1) is 15.5. The minimum atomic E-state index is -0.127. The first-order valence-electron chi connectivity index (χ1n) is 7.99. The van der Waals surface area contributed by atoms with Gasteiger partial charge in [0.05, 0.1) is 24.0 Å². The first-order chi connectivity index (χ1) is 11.3. The van der Waals surface area contributed by atoms with Crippen LogP contribution in [0.25, 0.3) is 0 Å². The first-order valence-corrected chi connectivity index (χ1v) is 7.99. The summed E-state index contributed by atoms with van der Waals surface area (Å²) in [5, 5.41) is 17.1. The van der Waals surface area contributed by atoms with Crippen molar-refractivity contribution in [3.63, 3.8) is 0 Å². The fourth-order valence-electron chi connectivity index (χ4n) is 2.94. The molecule has 8 nitrogen and oxygen atoms in total. The van der Waals surface area contributed by atoms with Crippen molar-refractivity contribution >= 4 is 5.91 Å². The fraction of sp³-hybridized carbons (Fsp3) is 0.600. The number of nitrogens with one attached hydrogen (secondary N) is 2. The molecule has 0 atom stereocenters. The van der Waals surface area contributed by atoms with Crippen LogP contribution in [0.4, 0.5) is 0 Å². The molecule has 0 spiro atoms. The topological polar surface area (TPSA) is 106 Å². The predicted octanol–water partition coefficient (Wildman–Crippen LogP) is 1.96. The van der Waals surface area contributed by atoms with E-state index in [1.807, 2.05) is 0 Å². The normalized spacial score (nSPS) is 15.5. The van der Waals surface area contributed by atoms with Crippen molar-refractivity contribution in [3.05, 3.63) is 23.1 Å². The number of H-pyrrole nitrogens is 1. The Labute approximate surface area is 133 Å². The van der Waals surface area contributed by atoms with Gasteiger partial charge in [0, 0.05) is 5.92 Å². The van der Waals surface area contributed by atoms with Crippen LogP contribution >= 0.6 is 0 Å². The van der Waals surface area contributed by atoms with Gasteiger partial charge in [0.15, 0.2) is 0 Å². The molecule has 0 unspecified atom stereocenters. The predicted molar refractivity (Wildman–Crippen MR) is 81.3 cm³/mol. The van der Waals surface area contributed by atoms with Crippen molar-refractivity contribution in [2.45, 2.75) is 44.9 Å². The number of ether oxygens (including phenoxy) is 1. The van der Waals surface area contributed by atoms with E-state index in [-0.39, 0.29) is 5.91 Å². The summed E-state index contributed by atoms with van der Waals surface area (Å²) in [7, 11) is 0. The van der Waals surface area contributed by atoms with Crippen LogP contribution in [0.1, 0.15) is 59.8 Å². The van der Waals surface area contributed by atoms with Crippen molar-refractivity contribution in [3.8, 4) is 5.88 Å². The number of hydrogen-bond acceptors (Lipinski definition) is 6. The molecule has 1 aliphatic rings. The molecule has 2 aromatic heterocycles. The fourth-order valence-corrected chi connectivity index (χ4v) is 2.94. The van der Waals surface area contributed by atoms with Crippen molar-refractivity contribution in [1.29, 1.82) is 0 Å².